The zero-order chi connectivity index (χ0) is 17.1. The molecule has 0 aromatic heterocycles. The van der Waals surface area contributed by atoms with Gasteiger partial charge in [0.25, 0.3) is 5.91 Å². The smallest absolute Gasteiger partial charge is 0.256 e. The van der Waals surface area contributed by atoms with Crippen LogP contribution in [0.4, 0.5) is 4.39 Å². The largest absolute Gasteiger partial charge is 0.381 e. The third-order valence-electron chi connectivity index (χ3n) is 5.10. The van der Waals surface area contributed by atoms with E-state index in [-0.39, 0.29) is 22.5 Å². The molecule has 24 heavy (non-hydrogen) atoms. The highest BCUT2D eigenvalue weighted by Gasteiger charge is 2.35. The Bertz CT molecular complexity index is 604. The number of amides is 1. The van der Waals surface area contributed by atoms with E-state index in [4.69, 9.17) is 21.1 Å². The third kappa shape index (κ3) is 3.73. The number of hydrogen-bond donors (Lipinski definition) is 1. The quantitative estimate of drug-likeness (QED) is 0.904. The summed E-state index contributed by atoms with van der Waals surface area (Å²) in [6.07, 6.45) is 2.68. The van der Waals surface area contributed by atoms with Crippen molar-refractivity contribution in [3.8, 4) is 0 Å². The maximum atomic E-state index is 14.1. The van der Waals surface area contributed by atoms with Gasteiger partial charge in [0.2, 0.25) is 0 Å². The summed E-state index contributed by atoms with van der Waals surface area (Å²) in [6, 6.07) is 2.84. The molecule has 4 nitrogen and oxygen atoms in total. The highest BCUT2D eigenvalue weighted by Crippen LogP contribution is 2.31. The van der Waals surface area contributed by atoms with E-state index < -0.39 is 11.7 Å². The monoisotopic (exact) mass is 355 g/mol. The van der Waals surface area contributed by atoms with Crippen molar-refractivity contribution in [3.05, 3.63) is 34.1 Å². The Kier molecular flexibility index (Phi) is 5.74. The standard InChI is InChI=1S/C18H23ClFNO3/c1-11-2-3-14(20)16(17(11)19)18(22)21-15-6-9-24-10-13(15)12-4-7-23-8-5-12/h2-3,12-13,15H,4-10H2,1H3,(H,21,22)/t13-,15-/m0/s1. The summed E-state index contributed by atoms with van der Waals surface area (Å²) in [5, 5.41) is 3.19. The van der Waals surface area contributed by atoms with Crippen molar-refractivity contribution in [2.75, 3.05) is 26.4 Å². The topological polar surface area (TPSA) is 47.6 Å². The SMILES string of the molecule is Cc1ccc(F)c(C(=O)N[C@H]2CCOC[C@H]2C2CCOCC2)c1Cl. The number of ether oxygens (including phenoxy) is 2. The van der Waals surface area contributed by atoms with Gasteiger partial charge in [-0.05, 0) is 43.7 Å². The minimum atomic E-state index is -0.585. The average Bonchev–Trinajstić information content (AvgIpc) is 2.60. The average molecular weight is 356 g/mol. The first kappa shape index (κ1) is 17.6. The Labute approximate surface area is 146 Å². The Morgan fingerprint density at radius 1 is 1.21 bits per heavy atom. The second kappa shape index (κ2) is 7.81. The number of halogens is 2. The van der Waals surface area contributed by atoms with Crippen LogP contribution in [0.3, 0.4) is 0 Å². The summed E-state index contributed by atoms with van der Waals surface area (Å²) < 4.78 is 25.2. The van der Waals surface area contributed by atoms with E-state index in [1.807, 2.05) is 0 Å². The fourth-order valence-electron chi connectivity index (χ4n) is 3.65. The van der Waals surface area contributed by atoms with Crippen LogP contribution in [0.15, 0.2) is 12.1 Å². The van der Waals surface area contributed by atoms with Crippen LogP contribution in [0, 0.1) is 24.6 Å². The molecular weight excluding hydrogens is 333 g/mol. The van der Waals surface area contributed by atoms with Crippen LogP contribution < -0.4 is 5.32 Å². The highest BCUT2D eigenvalue weighted by atomic mass is 35.5. The number of rotatable bonds is 3. The van der Waals surface area contributed by atoms with Gasteiger partial charge in [-0.1, -0.05) is 17.7 Å². The van der Waals surface area contributed by atoms with Crippen LogP contribution in [-0.4, -0.2) is 38.4 Å². The van der Waals surface area contributed by atoms with Crippen LogP contribution >= 0.6 is 11.6 Å². The Morgan fingerprint density at radius 3 is 2.67 bits per heavy atom. The normalized spacial score (nSPS) is 25.5. The van der Waals surface area contributed by atoms with Gasteiger partial charge in [-0.15, -0.1) is 0 Å². The minimum absolute atomic E-state index is 0.0228. The van der Waals surface area contributed by atoms with Gasteiger partial charge in [0.1, 0.15) is 5.82 Å². The van der Waals surface area contributed by atoms with Crippen molar-refractivity contribution >= 4 is 17.5 Å². The number of aryl methyl sites for hydroxylation is 1. The molecular formula is C18H23ClFNO3. The second-order valence-corrected chi connectivity index (χ2v) is 6.99. The Balaban J connectivity index is 1.75. The lowest BCUT2D eigenvalue weighted by atomic mass is 9.79. The number of hydrogen-bond acceptors (Lipinski definition) is 3. The van der Waals surface area contributed by atoms with Crippen LogP contribution in [0.5, 0.6) is 0 Å². The van der Waals surface area contributed by atoms with Gasteiger partial charge in [-0.2, -0.15) is 0 Å². The van der Waals surface area contributed by atoms with Gasteiger partial charge in [-0.3, -0.25) is 4.79 Å². The molecule has 2 atom stereocenters. The molecule has 1 amide bonds. The number of benzene rings is 1. The maximum absolute atomic E-state index is 14.1. The molecule has 0 aliphatic carbocycles. The molecule has 1 aromatic carbocycles. The fraction of sp³-hybridized carbons (Fsp3) is 0.611. The fourth-order valence-corrected chi connectivity index (χ4v) is 3.89. The van der Waals surface area contributed by atoms with Crippen molar-refractivity contribution in [1.29, 1.82) is 0 Å². The summed E-state index contributed by atoms with van der Waals surface area (Å²) in [4.78, 5) is 12.6. The molecule has 2 saturated heterocycles. The highest BCUT2D eigenvalue weighted by molar-refractivity contribution is 6.34. The number of carbonyl (C=O) groups is 1. The Morgan fingerprint density at radius 2 is 1.92 bits per heavy atom. The van der Waals surface area contributed by atoms with Gasteiger partial charge in [0, 0.05) is 31.8 Å². The predicted molar refractivity (Wildman–Crippen MR) is 89.9 cm³/mol. The molecule has 2 fully saturated rings. The molecule has 0 bridgehead atoms. The van der Waals surface area contributed by atoms with Crippen LogP contribution in [0.1, 0.15) is 35.2 Å². The number of nitrogens with one attached hydrogen (secondary N) is 1. The lowest BCUT2D eigenvalue weighted by Crippen LogP contribution is -2.49. The van der Waals surface area contributed by atoms with Crippen LogP contribution in [0.25, 0.3) is 0 Å². The summed E-state index contributed by atoms with van der Waals surface area (Å²) in [7, 11) is 0. The van der Waals surface area contributed by atoms with E-state index in [0.29, 0.717) is 24.7 Å². The lowest BCUT2D eigenvalue weighted by Gasteiger charge is -2.39. The van der Waals surface area contributed by atoms with Crippen molar-refractivity contribution in [1.82, 2.24) is 5.32 Å². The lowest BCUT2D eigenvalue weighted by molar-refractivity contribution is -0.0259. The van der Waals surface area contributed by atoms with E-state index in [9.17, 15) is 9.18 Å². The third-order valence-corrected chi connectivity index (χ3v) is 5.59. The molecule has 1 N–H and O–H groups in total. The first-order valence-corrected chi connectivity index (χ1v) is 8.86. The first-order valence-electron chi connectivity index (χ1n) is 8.49. The molecule has 0 unspecified atom stereocenters. The molecule has 3 rings (SSSR count). The van der Waals surface area contributed by atoms with E-state index in [1.54, 1.807) is 13.0 Å². The zero-order valence-corrected chi connectivity index (χ0v) is 14.6. The zero-order valence-electron chi connectivity index (χ0n) is 13.8. The van der Waals surface area contributed by atoms with Crippen LogP contribution in [0.2, 0.25) is 5.02 Å². The Hall–Kier alpha value is -1.17. The molecule has 6 heteroatoms. The molecule has 2 heterocycles. The number of carbonyl (C=O) groups excluding carboxylic acids is 1. The molecule has 0 radical (unpaired) electrons. The minimum Gasteiger partial charge on any atom is -0.381 e. The summed E-state index contributed by atoms with van der Waals surface area (Å²) >= 11 is 6.15. The van der Waals surface area contributed by atoms with Crippen molar-refractivity contribution in [2.45, 2.75) is 32.2 Å². The molecule has 132 valence electrons. The summed E-state index contributed by atoms with van der Waals surface area (Å²) in [5.74, 6) is -0.330. The molecule has 0 spiro atoms. The first-order chi connectivity index (χ1) is 11.6. The summed E-state index contributed by atoms with van der Waals surface area (Å²) in [5.41, 5.74) is 0.630. The van der Waals surface area contributed by atoms with Crippen molar-refractivity contribution < 1.29 is 18.7 Å². The predicted octanol–water partition coefficient (Wildman–Crippen LogP) is 3.35. The van der Waals surface area contributed by atoms with Crippen molar-refractivity contribution in [3.63, 3.8) is 0 Å². The van der Waals surface area contributed by atoms with E-state index in [1.165, 1.54) is 6.07 Å². The van der Waals surface area contributed by atoms with Gasteiger partial charge in [0.15, 0.2) is 0 Å². The van der Waals surface area contributed by atoms with Crippen LogP contribution in [-0.2, 0) is 9.47 Å². The molecule has 2 aliphatic heterocycles. The maximum Gasteiger partial charge on any atom is 0.256 e. The van der Waals surface area contributed by atoms with Gasteiger partial charge < -0.3 is 14.8 Å². The second-order valence-electron chi connectivity index (χ2n) is 6.61. The van der Waals surface area contributed by atoms with Crippen molar-refractivity contribution in [2.24, 2.45) is 11.8 Å². The van der Waals surface area contributed by atoms with Gasteiger partial charge >= 0.3 is 0 Å². The molecule has 2 aliphatic rings. The van der Waals surface area contributed by atoms with Gasteiger partial charge in [0.05, 0.1) is 17.2 Å². The van der Waals surface area contributed by atoms with E-state index >= 15 is 0 Å². The van der Waals surface area contributed by atoms with E-state index in [0.717, 1.165) is 32.5 Å². The molecule has 1 aromatic rings. The summed E-state index contributed by atoms with van der Waals surface area (Å²) in [6.45, 7) is 4.49. The van der Waals surface area contributed by atoms with E-state index in [2.05, 4.69) is 5.32 Å². The molecule has 0 saturated carbocycles. The van der Waals surface area contributed by atoms with Gasteiger partial charge in [-0.25, -0.2) is 4.39 Å².